The van der Waals surface area contributed by atoms with Crippen molar-refractivity contribution >= 4 is 51.5 Å². The summed E-state index contributed by atoms with van der Waals surface area (Å²) in [6, 6.07) is 2.11. The number of rotatable bonds is 5. The molecule has 5 nitrogen and oxygen atoms in total. The van der Waals surface area contributed by atoms with Gasteiger partial charge in [0.1, 0.15) is 5.82 Å². The van der Waals surface area contributed by atoms with Crippen LogP contribution >= 0.6 is 34.5 Å². The second-order valence-electron chi connectivity index (χ2n) is 4.33. The molecular formula is C14H11Cl2FN2O3S. The molecule has 0 aliphatic heterocycles. The highest BCUT2D eigenvalue weighted by molar-refractivity contribution is 7.14. The molecule has 0 unspecified atom stereocenters. The summed E-state index contributed by atoms with van der Waals surface area (Å²) in [5, 5.41) is 4.24. The van der Waals surface area contributed by atoms with Crippen molar-refractivity contribution < 1.29 is 18.7 Å². The second kappa shape index (κ2) is 7.72. The lowest BCUT2D eigenvalue weighted by molar-refractivity contribution is -0.142. The summed E-state index contributed by atoms with van der Waals surface area (Å²) >= 11 is 12.6. The molecule has 1 aromatic carbocycles. The summed E-state index contributed by atoms with van der Waals surface area (Å²) in [6.07, 6.45) is 0.0105. The Labute approximate surface area is 145 Å². The van der Waals surface area contributed by atoms with Crippen molar-refractivity contribution in [2.75, 3.05) is 11.9 Å². The molecule has 2 aromatic rings. The Hall–Kier alpha value is -1.70. The maximum atomic E-state index is 13.4. The minimum absolute atomic E-state index is 0.0105. The number of carbonyl (C=O) groups excluding carboxylic acids is 2. The maximum Gasteiger partial charge on any atom is 0.311 e. The number of carbonyl (C=O) groups is 2. The van der Waals surface area contributed by atoms with E-state index in [0.717, 1.165) is 23.5 Å². The van der Waals surface area contributed by atoms with Gasteiger partial charge in [0, 0.05) is 5.38 Å². The maximum absolute atomic E-state index is 13.4. The summed E-state index contributed by atoms with van der Waals surface area (Å²) < 4.78 is 18.3. The number of benzene rings is 1. The minimum Gasteiger partial charge on any atom is -0.466 e. The Morgan fingerprint density at radius 2 is 2.09 bits per heavy atom. The van der Waals surface area contributed by atoms with Gasteiger partial charge in [-0.2, -0.15) is 0 Å². The molecule has 1 aromatic heterocycles. The van der Waals surface area contributed by atoms with Gasteiger partial charge < -0.3 is 4.74 Å². The number of esters is 1. The molecule has 23 heavy (non-hydrogen) atoms. The number of nitrogens with one attached hydrogen (secondary N) is 1. The molecule has 0 saturated heterocycles. The van der Waals surface area contributed by atoms with E-state index in [2.05, 4.69) is 10.3 Å². The smallest absolute Gasteiger partial charge is 0.311 e. The van der Waals surface area contributed by atoms with Crippen molar-refractivity contribution in [2.45, 2.75) is 13.3 Å². The van der Waals surface area contributed by atoms with E-state index in [4.69, 9.17) is 27.9 Å². The number of ether oxygens (including phenoxy) is 1. The molecule has 1 amide bonds. The van der Waals surface area contributed by atoms with E-state index in [9.17, 15) is 14.0 Å². The summed E-state index contributed by atoms with van der Waals surface area (Å²) in [5.74, 6) is -1.77. The number of hydrogen-bond acceptors (Lipinski definition) is 5. The Bertz CT molecular complexity index is 752. The van der Waals surface area contributed by atoms with Gasteiger partial charge in [0.2, 0.25) is 0 Å². The van der Waals surface area contributed by atoms with Gasteiger partial charge in [0.05, 0.1) is 34.3 Å². The summed E-state index contributed by atoms with van der Waals surface area (Å²) in [4.78, 5) is 27.6. The van der Waals surface area contributed by atoms with Crippen LogP contribution in [0.4, 0.5) is 9.52 Å². The highest BCUT2D eigenvalue weighted by atomic mass is 35.5. The van der Waals surface area contributed by atoms with Crippen LogP contribution in [0.5, 0.6) is 0 Å². The van der Waals surface area contributed by atoms with Crippen molar-refractivity contribution in [2.24, 2.45) is 0 Å². The molecule has 0 atom stereocenters. The first-order valence-electron chi connectivity index (χ1n) is 6.46. The number of amides is 1. The molecule has 1 heterocycles. The van der Waals surface area contributed by atoms with Crippen LogP contribution in [-0.2, 0) is 16.0 Å². The Morgan fingerprint density at radius 3 is 2.78 bits per heavy atom. The minimum atomic E-state index is -0.747. The van der Waals surface area contributed by atoms with Crippen LogP contribution in [0, 0.1) is 5.82 Å². The normalized spacial score (nSPS) is 10.4. The Morgan fingerprint density at radius 1 is 1.35 bits per heavy atom. The van der Waals surface area contributed by atoms with Crippen LogP contribution < -0.4 is 5.32 Å². The predicted molar refractivity (Wildman–Crippen MR) is 86.8 cm³/mol. The molecule has 0 fully saturated rings. The summed E-state index contributed by atoms with van der Waals surface area (Å²) in [6.45, 7) is 1.99. The van der Waals surface area contributed by atoms with E-state index < -0.39 is 17.7 Å². The van der Waals surface area contributed by atoms with Crippen LogP contribution in [0.15, 0.2) is 17.5 Å². The highest BCUT2D eigenvalue weighted by Gasteiger charge is 2.16. The first kappa shape index (κ1) is 17.7. The van der Waals surface area contributed by atoms with E-state index in [1.807, 2.05) is 0 Å². The number of hydrogen-bond donors (Lipinski definition) is 1. The van der Waals surface area contributed by atoms with Crippen LogP contribution in [0.2, 0.25) is 10.0 Å². The Kier molecular flexibility index (Phi) is 5.92. The van der Waals surface area contributed by atoms with Crippen LogP contribution in [0.1, 0.15) is 23.0 Å². The summed E-state index contributed by atoms with van der Waals surface area (Å²) in [7, 11) is 0. The molecule has 122 valence electrons. The van der Waals surface area contributed by atoms with Crippen molar-refractivity contribution in [1.82, 2.24) is 4.98 Å². The Balaban J connectivity index is 2.08. The molecule has 0 aliphatic rings. The van der Waals surface area contributed by atoms with E-state index in [1.54, 1.807) is 12.3 Å². The fraction of sp³-hybridized carbons (Fsp3) is 0.214. The molecule has 0 aliphatic carbocycles. The first-order valence-corrected chi connectivity index (χ1v) is 8.10. The zero-order valence-corrected chi connectivity index (χ0v) is 14.2. The predicted octanol–water partition coefficient (Wildman–Crippen LogP) is 3.95. The molecule has 0 spiro atoms. The average molecular weight is 377 g/mol. The fourth-order valence-electron chi connectivity index (χ4n) is 1.67. The van der Waals surface area contributed by atoms with Gasteiger partial charge >= 0.3 is 5.97 Å². The average Bonchev–Trinajstić information content (AvgIpc) is 2.90. The number of aromatic nitrogens is 1. The topological polar surface area (TPSA) is 68.3 Å². The lowest BCUT2D eigenvalue weighted by atomic mass is 10.2. The third-order valence-corrected chi connectivity index (χ3v) is 4.07. The van der Waals surface area contributed by atoms with Gasteiger partial charge in [-0.3, -0.25) is 14.9 Å². The molecule has 9 heteroatoms. The van der Waals surface area contributed by atoms with Crippen LogP contribution in [0.3, 0.4) is 0 Å². The van der Waals surface area contributed by atoms with Gasteiger partial charge in [-0.15, -0.1) is 11.3 Å². The molecule has 2 rings (SSSR count). The molecule has 1 N–H and O–H groups in total. The monoisotopic (exact) mass is 376 g/mol. The third kappa shape index (κ3) is 4.63. The number of anilines is 1. The van der Waals surface area contributed by atoms with Gasteiger partial charge in [0.25, 0.3) is 5.91 Å². The van der Waals surface area contributed by atoms with Gasteiger partial charge in [-0.25, -0.2) is 9.37 Å². The lowest BCUT2D eigenvalue weighted by Crippen LogP contribution is -2.13. The zero-order valence-electron chi connectivity index (χ0n) is 11.9. The van der Waals surface area contributed by atoms with Crippen LogP contribution in [-0.4, -0.2) is 23.5 Å². The van der Waals surface area contributed by atoms with E-state index >= 15 is 0 Å². The van der Waals surface area contributed by atoms with Crippen molar-refractivity contribution in [3.8, 4) is 0 Å². The first-order chi connectivity index (χ1) is 10.9. The van der Waals surface area contributed by atoms with E-state index in [0.29, 0.717) is 5.69 Å². The third-order valence-electron chi connectivity index (χ3n) is 2.66. The quantitative estimate of drug-likeness (QED) is 0.633. The van der Waals surface area contributed by atoms with Gasteiger partial charge in [-0.05, 0) is 19.1 Å². The van der Waals surface area contributed by atoms with E-state index in [-0.39, 0.29) is 33.8 Å². The fourth-order valence-corrected chi connectivity index (χ4v) is 2.84. The van der Waals surface area contributed by atoms with Gasteiger partial charge in [0.15, 0.2) is 5.13 Å². The molecule has 0 radical (unpaired) electrons. The van der Waals surface area contributed by atoms with Gasteiger partial charge in [-0.1, -0.05) is 23.2 Å². The molecule has 0 saturated carbocycles. The van der Waals surface area contributed by atoms with Crippen LogP contribution in [0.25, 0.3) is 0 Å². The largest absolute Gasteiger partial charge is 0.466 e. The molecule has 0 bridgehead atoms. The summed E-state index contributed by atoms with van der Waals surface area (Å²) in [5.41, 5.74) is 0.410. The SMILES string of the molecule is CCOC(=O)Cc1csc(NC(=O)c2cc(F)c(Cl)cc2Cl)n1. The lowest BCUT2D eigenvalue weighted by Gasteiger charge is -2.05. The van der Waals surface area contributed by atoms with Crippen molar-refractivity contribution in [1.29, 1.82) is 0 Å². The van der Waals surface area contributed by atoms with E-state index in [1.165, 1.54) is 0 Å². The second-order valence-corrected chi connectivity index (χ2v) is 6.00. The highest BCUT2D eigenvalue weighted by Crippen LogP contribution is 2.25. The standard InChI is InChI=1S/C14H11Cl2FN2O3S/c1-2-22-12(20)3-7-6-23-14(18-7)19-13(21)8-4-11(17)10(16)5-9(8)15/h4-6H,2-3H2,1H3,(H,18,19,21). The number of thiazole rings is 1. The van der Waals surface area contributed by atoms with Crippen molar-refractivity contribution in [3.05, 3.63) is 44.6 Å². The number of nitrogens with zero attached hydrogens (tertiary/aromatic N) is 1. The zero-order chi connectivity index (χ0) is 17.0. The van der Waals surface area contributed by atoms with Crippen molar-refractivity contribution in [3.63, 3.8) is 0 Å². The molecular weight excluding hydrogens is 366 g/mol. The number of halogens is 3.